The quantitative estimate of drug-likeness (QED) is 0.172. The van der Waals surface area contributed by atoms with Crippen molar-refractivity contribution in [2.75, 3.05) is 0 Å². The summed E-state index contributed by atoms with van der Waals surface area (Å²) in [5.74, 6) is -0.110. The molecular weight excluding hydrogens is 368 g/mol. The first-order valence-corrected chi connectivity index (χ1v) is 17.1. The van der Waals surface area contributed by atoms with Gasteiger partial charge in [0.2, 0.25) is 9.76 Å². The van der Waals surface area contributed by atoms with E-state index in [1.165, 1.54) is 83.5 Å². The molecular formula is C22H48O3Si2. The number of carbonyl (C=O) groups excluding carboxylic acids is 1. The van der Waals surface area contributed by atoms with E-state index in [-0.39, 0.29) is 12.1 Å². The van der Waals surface area contributed by atoms with Crippen molar-refractivity contribution in [2.24, 2.45) is 0 Å². The molecule has 0 amide bonds. The second-order valence-corrected chi connectivity index (χ2v) is 14.2. The summed E-state index contributed by atoms with van der Waals surface area (Å²) in [7, 11) is -2.40. The van der Waals surface area contributed by atoms with Crippen molar-refractivity contribution in [3.63, 3.8) is 0 Å². The van der Waals surface area contributed by atoms with Crippen molar-refractivity contribution in [1.82, 2.24) is 0 Å². The smallest absolute Gasteiger partial charge is 0.320 e. The Hall–Kier alpha value is -0.136. The molecule has 1 atom stereocenters. The van der Waals surface area contributed by atoms with Crippen LogP contribution in [0.15, 0.2) is 0 Å². The van der Waals surface area contributed by atoms with Crippen LogP contribution in [-0.2, 0) is 13.6 Å². The zero-order chi connectivity index (χ0) is 20.4. The van der Waals surface area contributed by atoms with Gasteiger partial charge in [-0.25, -0.2) is 0 Å². The van der Waals surface area contributed by atoms with Gasteiger partial charge in [-0.3, -0.25) is 4.79 Å². The van der Waals surface area contributed by atoms with Crippen molar-refractivity contribution < 1.29 is 13.6 Å². The monoisotopic (exact) mass is 416 g/mol. The second-order valence-electron chi connectivity index (χ2n) is 8.86. The molecule has 1 unspecified atom stereocenters. The molecule has 0 radical (unpaired) electrons. The van der Waals surface area contributed by atoms with E-state index in [1.807, 2.05) is 6.55 Å². The van der Waals surface area contributed by atoms with E-state index in [4.69, 9.17) is 8.85 Å². The third-order valence-electron chi connectivity index (χ3n) is 4.87. The Bertz CT molecular complexity index is 343. The largest absolute Gasteiger partial charge is 0.523 e. The van der Waals surface area contributed by atoms with E-state index in [0.717, 1.165) is 12.8 Å². The van der Waals surface area contributed by atoms with Gasteiger partial charge in [-0.05, 0) is 32.6 Å². The van der Waals surface area contributed by atoms with Crippen LogP contribution in [0.4, 0.5) is 0 Å². The van der Waals surface area contributed by atoms with Gasteiger partial charge in [0.25, 0.3) is 0 Å². The molecule has 0 aliphatic rings. The summed E-state index contributed by atoms with van der Waals surface area (Å²) >= 11 is 0. The van der Waals surface area contributed by atoms with Gasteiger partial charge in [-0.1, -0.05) is 96.8 Å². The van der Waals surface area contributed by atoms with E-state index in [2.05, 4.69) is 26.6 Å². The predicted octanol–water partition coefficient (Wildman–Crippen LogP) is 6.75. The molecule has 0 saturated heterocycles. The van der Waals surface area contributed by atoms with Gasteiger partial charge < -0.3 is 8.85 Å². The molecule has 0 N–H and O–H groups in total. The normalized spacial score (nSPS) is 13.4. The SMILES string of the molecule is CCCCCCCCCCCCCCCCC(O[Si](C)(C)C)C(=O)O[SiH2]C. The number of unbranched alkanes of at least 4 members (excludes halogenated alkanes) is 13. The van der Waals surface area contributed by atoms with Crippen molar-refractivity contribution in [1.29, 1.82) is 0 Å². The van der Waals surface area contributed by atoms with Gasteiger partial charge in [0, 0.05) is 0 Å². The maximum absolute atomic E-state index is 12.1. The molecule has 5 heteroatoms. The van der Waals surface area contributed by atoms with Gasteiger partial charge >= 0.3 is 5.97 Å². The van der Waals surface area contributed by atoms with Crippen molar-refractivity contribution in [2.45, 2.75) is 136 Å². The summed E-state index contributed by atoms with van der Waals surface area (Å²) in [6.07, 6.45) is 19.5. The minimum atomic E-state index is -1.70. The molecule has 0 saturated carbocycles. The highest BCUT2D eigenvalue weighted by atomic mass is 28.4. The van der Waals surface area contributed by atoms with Crippen LogP contribution in [0, 0.1) is 0 Å². The Kier molecular flexibility index (Phi) is 17.8. The minimum Gasteiger partial charge on any atom is -0.523 e. The molecule has 0 heterocycles. The van der Waals surface area contributed by atoms with Crippen LogP contribution in [0.5, 0.6) is 0 Å². The van der Waals surface area contributed by atoms with Crippen molar-refractivity contribution in [3.8, 4) is 0 Å². The lowest BCUT2D eigenvalue weighted by Crippen LogP contribution is -2.38. The highest BCUT2D eigenvalue weighted by Crippen LogP contribution is 2.17. The molecule has 27 heavy (non-hydrogen) atoms. The Balaban J connectivity index is 3.58. The number of carbonyl (C=O) groups is 1. The standard InChI is InChI=1S/C22H48O3Si2/c1-6-7-8-9-10-11-12-13-14-15-16-17-18-19-20-21(22(23)24-26-2)25-27(3,4)5/h21H,6-20,26H2,1-5H3. The van der Waals surface area contributed by atoms with E-state index < -0.39 is 18.1 Å². The van der Waals surface area contributed by atoms with Crippen LogP contribution in [0.2, 0.25) is 26.2 Å². The molecule has 0 spiro atoms. The summed E-state index contributed by atoms with van der Waals surface area (Å²) in [5, 5.41) is 0. The highest BCUT2D eigenvalue weighted by molar-refractivity contribution is 6.69. The average molecular weight is 417 g/mol. The third kappa shape index (κ3) is 19.0. The summed E-state index contributed by atoms with van der Waals surface area (Å²) < 4.78 is 11.4. The van der Waals surface area contributed by atoms with Crippen LogP contribution in [-0.4, -0.2) is 30.2 Å². The van der Waals surface area contributed by atoms with Crippen LogP contribution >= 0.6 is 0 Å². The lowest BCUT2D eigenvalue weighted by atomic mass is 10.0. The van der Waals surface area contributed by atoms with Gasteiger partial charge in [0.05, 0.1) is 0 Å². The maximum atomic E-state index is 12.1. The van der Waals surface area contributed by atoms with E-state index >= 15 is 0 Å². The fourth-order valence-electron chi connectivity index (χ4n) is 3.41. The summed E-state index contributed by atoms with van der Waals surface area (Å²) in [6, 6.07) is 0. The van der Waals surface area contributed by atoms with Crippen LogP contribution in [0.3, 0.4) is 0 Å². The molecule has 0 aliphatic carbocycles. The van der Waals surface area contributed by atoms with Crippen LogP contribution < -0.4 is 0 Å². The number of hydrogen-bond donors (Lipinski definition) is 0. The fraction of sp³-hybridized carbons (Fsp3) is 0.955. The number of hydrogen-bond acceptors (Lipinski definition) is 3. The molecule has 0 rings (SSSR count). The van der Waals surface area contributed by atoms with E-state index in [0.29, 0.717) is 0 Å². The summed E-state index contributed by atoms with van der Waals surface area (Å²) in [5.41, 5.74) is 0. The third-order valence-corrected chi connectivity index (χ3v) is 6.43. The average Bonchev–Trinajstić information content (AvgIpc) is 2.60. The zero-order valence-corrected chi connectivity index (χ0v) is 21.5. The molecule has 0 bridgehead atoms. The Morgan fingerprint density at radius 1 is 0.778 bits per heavy atom. The van der Waals surface area contributed by atoms with Crippen molar-refractivity contribution in [3.05, 3.63) is 0 Å². The Morgan fingerprint density at radius 3 is 1.56 bits per heavy atom. The van der Waals surface area contributed by atoms with Crippen molar-refractivity contribution >= 4 is 24.0 Å². The molecule has 0 aromatic rings. The Labute approximate surface area is 173 Å². The molecule has 0 aromatic heterocycles. The second kappa shape index (κ2) is 17.9. The summed E-state index contributed by atoms with van der Waals surface area (Å²) in [4.78, 5) is 12.1. The van der Waals surface area contributed by atoms with Gasteiger partial charge in [-0.2, -0.15) is 0 Å². The van der Waals surface area contributed by atoms with Crippen LogP contribution in [0.25, 0.3) is 0 Å². The van der Waals surface area contributed by atoms with Gasteiger partial charge in [-0.15, -0.1) is 0 Å². The van der Waals surface area contributed by atoms with E-state index in [1.54, 1.807) is 0 Å². The van der Waals surface area contributed by atoms with Gasteiger partial charge in [0.15, 0.2) is 8.32 Å². The molecule has 0 aromatic carbocycles. The highest BCUT2D eigenvalue weighted by Gasteiger charge is 2.26. The van der Waals surface area contributed by atoms with E-state index in [9.17, 15) is 4.79 Å². The fourth-order valence-corrected chi connectivity index (χ4v) is 4.95. The first kappa shape index (κ1) is 26.9. The predicted molar refractivity (Wildman–Crippen MR) is 124 cm³/mol. The lowest BCUT2D eigenvalue weighted by molar-refractivity contribution is -0.143. The maximum Gasteiger partial charge on any atom is 0.320 e. The lowest BCUT2D eigenvalue weighted by Gasteiger charge is -2.25. The molecule has 0 fully saturated rings. The van der Waals surface area contributed by atoms with Gasteiger partial charge in [0.1, 0.15) is 6.10 Å². The first-order chi connectivity index (χ1) is 12.9. The number of rotatable bonds is 19. The minimum absolute atomic E-state index is 0.110. The summed E-state index contributed by atoms with van der Waals surface area (Å²) in [6.45, 7) is 10.7. The molecule has 162 valence electrons. The zero-order valence-electron chi connectivity index (χ0n) is 19.1. The van der Waals surface area contributed by atoms with Crippen LogP contribution in [0.1, 0.15) is 103 Å². The Morgan fingerprint density at radius 2 is 1.19 bits per heavy atom. The first-order valence-electron chi connectivity index (χ1n) is 11.7. The molecule has 0 aliphatic heterocycles. The topological polar surface area (TPSA) is 35.5 Å². The molecule has 3 nitrogen and oxygen atoms in total.